The monoisotopic (exact) mass is 159 g/mol. The topological polar surface area (TPSA) is 30.5 Å². The quantitative estimate of drug-likeness (QED) is 0.589. The molecule has 0 aromatic rings. The largest absolute Gasteiger partial charge is 0.379 e. The standard InChI is InChI=1S/C8H17NO2/c1-2-10-5-6-11-8-3-4-9-7-8/h8-9H,2-7H2,1H3. The van der Waals surface area contributed by atoms with Crippen LogP contribution >= 0.6 is 0 Å². The Morgan fingerprint density at radius 3 is 3.00 bits per heavy atom. The van der Waals surface area contributed by atoms with Crippen molar-refractivity contribution < 1.29 is 9.47 Å². The molecule has 0 saturated carbocycles. The molecule has 0 radical (unpaired) electrons. The molecule has 0 spiro atoms. The zero-order chi connectivity index (χ0) is 7.94. The van der Waals surface area contributed by atoms with Gasteiger partial charge in [0.1, 0.15) is 0 Å². The van der Waals surface area contributed by atoms with Gasteiger partial charge in [0.05, 0.1) is 19.3 Å². The van der Waals surface area contributed by atoms with Gasteiger partial charge in [-0.05, 0) is 19.9 Å². The second-order valence-corrected chi connectivity index (χ2v) is 2.68. The minimum atomic E-state index is 0.426. The maximum absolute atomic E-state index is 5.52. The van der Waals surface area contributed by atoms with Crippen molar-refractivity contribution in [2.45, 2.75) is 19.4 Å². The van der Waals surface area contributed by atoms with Crippen LogP contribution in [0.25, 0.3) is 0 Å². The summed E-state index contributed by atoms with van der Waals surface area (Å²) in [6, 6.07) is 0. The van der Waals surface area contributed by atoms with Gasteiger partial charge in [0.2, 0.25) is 0 Å². The molecule has 0 aliphatic carbocycles. The van der Waals surface area contributed by atoms with Crippen molar-refractivity contribution in [2.75, 3.05) is 32.9 Å². The second kappa shape index (κ2) is 5.52. The molecule has 0 bridgehead atoms. The average molecular weight is 159 g/mol. The highest BCUT2D eigenvalue weighted by atomic mass is 16.5. The van der Waals surface area contributed by atoms with Crippen LogP contribution < -0.4 is 5.32 Å². The Bertz CT molecular complexity index is 92.1. The van der Waals surface area contributed by atoms with Gasteiger partial charge in [-0.2, -0.15) is 0 Å². The molecule has 0 aromatic carbocycles. The van der Waals surface area contributed by atoms with E-state index in [1.165, 1.54) is 0 Å². The first-order chi connectivity index (χ1) is 5.43. The fourth-order valence-corrected chi connectivity index (χ4v) is 1.19. The Morgan fingerprint density at radius 1 is 1.45 bits per heavy atom. The van der Waals surface area contributed by atoms with Gasteiger partial charge < -0.3 is 14.8 Å². The van der Waals surface area contributed by atoms with E-state index in [0.717, 1.165) is 39.3 Å². The molecular formula is C8H17NO2. The lowest BCUT2D eigenvalue weighted by Gasteiger charge is -2.09. The van der Waals surface area contributed by atoms with Crippen LogP contribution in [0.5, 0.6) is 0 Å². The summed E-state index contributed by atoms with van der Waals surface area (Å²) >= 11 is 0. The highest BCUT2D eigenvalue weighted by Gasteiger charge is 2.13. The SMILES string of the molecule is CCOCCOC1CCNC1. The lowest BCUT2D eigenvalue weighted by atomic mass is 10.3. The maximum atomic E-state index is 5.52. The predicted molar refractivity (Wildman–Crippen MR) is 43.7 cm³/mol. The van der Waals surface area contributed by atoms with Crippen molar-refractivity contribution in [3.8, 4) is 0 Å². The molecule has 1 unspecified atom stereocenters. The normalized spacial score (nSPS) is 24.3. The van der Waals surface area contributed by atoms with Crippen LogP contribution in [0.1, 0.15) is 13.3 Å². The van der Waals surface area contributed by atoms with Gasteiger partial charge in [0.15, 0.2) is 0 Å². The van der Waals surface area contributed by atoms with Gasteiger partial charge in [0, 0.05) is 13.2 Å². The second-order valence-electron chi connectivity index (χ2n) is 2.68. The third kappa shape index (κ3) is 3.70. The van der Waals surface area contributed by atoms with E-state index in [-0.39, 0.29) is 0 Å². The van der Waals surface area contributed by atoms with Crippen molar-refractivity contribution in [1.29, 1.82) is 0 Å². The predicted octanol–water partition coefficient (Wildman–Crippen LogP) is 0.401. The first-order valence-corrected chi connectivity index (χ1v) is 4.33. The van der Waals surface area contributed by atoms with E-state index in [0.29, 0.717) is 6.10 Å². The highest BCUT2D eigenvalue weighted by molar-refractivity contribution is 4.70. The van der Waals surface area contributed by atoms with Gasteiger partial charge >= 0.3 is 0 Å². The lowest BCUT2D eigenvalue weighted by Crippen LogP contribution is -2.19. The summed E-state index contributed by atoms with van der Waals surface area (Å²) in [5.74, 6) is 0. The van der Waals surface area contributed by atoms with Gasteiger partial charge in [-0.1, -0.05) is 0 Å². The van der Waals surface area contributed by atoms with Gasteiger partial charge in [0.25, 0.3) is 0 Å². The zero-order valence-electron chi connectivity index (χ0n) is 7.14. The minimum absolute atomic E-state index is 0.426. The Balaban J connectivity index is 1.86. The molecule has 1 atom stereocenters. The smallest absolute Gasteiger partial charge is 0.0712 e. The van der Waals surface area contributed by atoms with Gasteiger partial charge in [-0.15, -0.1) is 0 Å². The Kier molecular flexibility index (Phi) is 4.50. The molecule has 1 heterocycles. The number of nitrogens with one attached hydrogen (secondary N) is 1. The summed E-state index contributed by atoms with van der Waals surface area (Å²) < 4.78 is 10.7. The van der Waals surface area contributed by atoms with Crippen LogP contribution in [0.2, 0.25) is 0 Å². The van der Waals surface area contributed by atoms with Crippen molar-refractivity contribution in [2.24, 2.45) is 0 Å². The molecule has 1 N–H and O–H groups in total. The molecule has 1 saturated heterocycles. The highest BCUT2D eigenvalue weighted by Crippen LogP contribution is 2.01. The Morgan fingerprint density at radius 2 is 2.36 bits per heavy atom. The van der Waals surface area contributed by atoms with Crippen LogP contribution in [0.3, 0.4) is 0 Å². The van der Waals surface area contributed by atoms with Crippen molar-refractivity contribution in [3.05, 3.63) is 0 Å². The van der Waals surface area contributed by atoms with E-state index >= 15 is 0 Å². The molecule has 1 aliphatic rings. The molecule has 66 valence electrons. The summed E-state index contributed by atoms with van der Waals surface area (Å²) in [7, 11) is 0. The first-order valence-electron chi connectivity index (χ1n) is 4.33. The minimum Gasteiger partial charge on any atom is -0.379 e. The third-order valence-corrected chi connectivity index (χ3v) is 1.80. The van der Waals surface area contributed by atoms with Crippen molar-refractivity contribution >= 4 is 0 Å². The van der Waals surface area contributed by atoms with Crippen LogP contribution in [0.4, 0.5) is 0 Å². The van der Waals surface area contributed by atoms with Crippen LogP contribution in [-0.4, -0.2) is 39.0 Å². The number of rotatable bonds is 5. The number of hydrogen-bond donors (Lipinski definition) is 1. The summed E-state index contributed by atoms with van der Waals surface area (Å²) in [4.78, 5) is 0. The van der Waals surface area contributed by atoms with Crippen molar-refractivity contribution in [1.82, 2.24) is 5.32 Å². The Hall–Kier alpha value is -0.120. The Labute approximate surface area is 68.1 Å². The van der Waals surface area contributed by atoms with E-state index in [2.05, 4.69) is 5.32 Å². The van der Waals surface area contributed by atoms with Gasteiger partial charge in [-0.3, -0.25) is 0 Å². The number of hydrogen-bond acceptors (Lipinski definition) is 3. The first kappa shape index (κ1) is 8.97. The van der Waals surface area contributed by atoms with E-state index in [1.807, 2.05) is 6.92 Å². The summed E-state index contributed by atoms with van der Waals surface area (Å²) in [6.45, 7) is 6.35. The molecular weight excluding hydrogens is 142 g/mol. The maximum Gasteiger partial charge on any atom is 0.0712 e. The van der Waals surface area contributed by atoms with E-state index in [1.54, 1.807) is 0 Å². The molecule has 3 heteroatoms. The van der Waals surface area contributed by atoms with Crippen LogP contribution in [-0.2, 0) is 9.47 Å². The van der Waals surface area contributed by atoms with Crippen molar-refractivity contribution in [3.63, 3.8) is 0 Å². The molecule has 1 fully saturated rings. The third-order valence-electron chi connectivity index (χ3n) is 1.80. The summed E-state index contributed by atoms with van der Waals surface area (Å²) in [5.41, 5.74) is 0. The van der Waals surface area contributed by atoms with E-state index in [4.69, 9.17) is 9.47 Å². The summed E-state index contributed by atoms with van der Waals surface area (Å²) in [5, 5.41) is 3.25. The molecule has 1 aliphatic heterocycles. The summed E-state index contributed by atoms with van der Waals surface area (Å²) in [6.07, 6.45) is 1.57. The zero-order valence-corrected chi connectivity index (χ0v) is 7.14. The van der Waals surface area contributed by atoms with Crippen LogP contribution in [0.15, 0.2) is 0 Å². The molecule has 11 heavy (non-hydrogen) atoms. The lowest BCUT2D eigenvalue weighted by molar-refractivity contribution is 0.0162. The van der Waals surface area contributed by atoms with E-state index < -0.39 is 0 Å². The fraction of sp³-hybridized carbons (Fsp3) is 1.00. The fourth-order valence-electron chi connectivity index (χ4n) is 1.19. The van der Waals surface area contributed by atoms with E-state index in [9.17, 15) is 0 Å². The molecule has 3 nitrogen and oxygen atoms in total. The van der Waals surface area contributed by atoms with Gasteiger partial charge in [-0.25, -0.2) is 0 Å². The average Bonchev–Trinajstić information content (AvgIpc) is 2.50. The molecule has 0 amide bonds. The van der Waals surface area contributed by atoms with Crippen LogP contribution in [0, 0.1) is 0 Å². The molecule has 1 rings (SSSR count). The molecule has 0 aromatic heterocycles. The number of ether oxygens (including phenoxy) is 2.